The van der Waals surface area contributed by atoms with Gasteiger partial charge in [0.25, 0.3) is 0 Å². The molecule has 0 atom stereocenters. The molecular weight excluding hydrogens is 402 g/mol. The first-order valence-electron chi connectivity index (χ1n) is 10.5. The molecule has 0 bridgehead atoms. The number of anilines is 1. The predicted octanol–water partition coefficient (Wildman–Crippen LogP) is 4.82. The highest BCUT2D eigenvalue weighted by Crippen LogP contribution is 2.36. The van der Waals surface area contributed by atoms with Gasteiger partial charge in [0.1, 0.15) is 12.0 Å². The van der Waals surface area contributed by atoms with Crippen LogP contribution in [-0.4, -0.2) is 30.9 Å². The Morgan fingerprint density at radius 3 is 2.69 bits per heavy atom. The minimum absolute atomic E-state index is 0.310. The summed E-state index contributed by atoms with van der Waals surface area (Å²) in [6.07, 6.45) is 9.19. The van der Waals surface area contributed by atoms with E-state index in [1.165, 1.54) is 12.4 Å². The molecule has 3 N–H and O–H groups in total. The summed E-state index contributed by atoms with van der Waals surface area (Å²) in [6.45, 7) is 7.41. The van der Waals surface area contributed by atoms with Gasteiger partial charge in [-0.2, -0.15) is 0 Å². The summed E-state index contributed by atoms with van der Waals surface area (Å²) in [5.41, 5.74) is 4.50. The lowest BCUT2D eigenvalue weighted by molar-refractivity contribution is -0.111. The Hall–Kier alpha value is -3.84. The molecule has 4 rings (SSSR count). The van der Waals surface area contributed by atoms with Crippen molar-refractivity contribution >= 4 is 22.6 Å². The van der Waals surface area contributed by atoms with E-state index < -0.39 is 5.60 Å². The Kier molecular flexibility index (Phi) is 5.83. The molecule has 0 aliphatic rings. The summed E-state index contributed by atoms with van der Waals surface area (Å²) in [5, 5.41) is 14.9. The number of benzene rings is 1. The van der Waals surface area contributed by atoms with Crippen LogP contribution in [0.5, 0.6) is 0 Å². The summed E-state index contributed by atoms with van der Waals surface area (Å²) in [5.74, 6) is -0.310. The van der Waals surface area contributed by atoms with Crippen molar-refractivity contribution in [1.29, 1.82) is 0 Å². The summed E-state index contributed by atoms with van der Waals surface area (Å²) in [4.78, 5) is 28.1. The molecule has 0 radical (unpaired) electrons. The Morgan fingerprint density at radius 2 is 2.00 bits per heavy atom. The van der Waals surface area contributed by atoms with Gasteiger partial charge in [-0.05, 0) is 60.4 Å². The van der Waals surface area contributed by atoms with Gasteiger partial charge < -0.3 is 15.4 Å². The monoisotopic (exact) mass is 427 g/mol. The Morgan fingerprint density at radius 1 is 1.19 bits per heavy atom. The van der Waals surface area contributed by atoms with Gasteiger partial charge in [0.05, 0.1) is 11.3 Å². The molecule has 3 aromatic heterocycles. The first-order valence-corrected chi connectivity index (χ1v) is 10.5. The Bertz CT molecular complexity index is 1280. The molecule has 32 heavy (non-hydrogen) atoms. The number of aromatic nitrogens is 4. The second-order valence-electron chi connectivity index (χ2n) is 7.65. The lowest BCUT2D eigenvalue weighted by Gasteiger charge is -2.27. The van der Waals surface area contributed by atoms with Crippen molar-refractivity contribution in [1.82, 2.24) is 19.9 Å². The number of carbonyl (C=O) groups is 1. The number of H-pyrrole nitrogens is 1. The third kappa shape index (κ3) is 4.02. The topological polar surface area (TPSA) is 104 Å². The maximum Gasteiger partial charge on any atom is 0.247 e. The highest BCUT2D eigenvalue weighted by atomic mass is 16.3. The van der Waals surface area contributed by atoms with Crippen LogP contribution in [0, 0.1) is 0 Å². The van der Waals surface area contributed by atoms with Crippen molar-refractivity contribution < 1.29 is 9.90 Å². The summed E-state index contributed by atoms with van der Waals surface area (Å²) >= 11 is 0. The molecule has 162 valence electrons. The van der Waals surface area contributed by atoms with Crippen molar-refractivity contribution in [3.8, 4) is 22.4 Å². The number of hydrogen-bond acceptors (Lipinski definition) is 5. The molecule has 7 heteroatoms. The standard InChI is InChI=1S/C25H25N5O2/c1-4-23(31)30-19-10-16(9-18(12-19)25(32,5-2)6-3)17-11-20-21(14-28-24(20)27-13-17)22-7-8-26-15-29-22/h4,7-15,32H,1,5-6H2,2-3H3,(H,27,28)(H,30,31). The lowest BCUT2D eigenvalue weighted by atomic mass is 9.86. The highest BCUT2D eigenvalue weighted by Gasteiger charge is 2.26. The van der Waals surface area contributed by atoms with Crippen molar-refractivity contribution in [3.05, 3.63) is 73.5 Å². The third-order valence-corrected chi connectivity index (χ3v) is 5.82. The van der Waals surface area contributed by atoms with E-state index in [1.54, 1.807) is 12.4 Å². The fourth-order valence-corrected chi connectivity index (χ4v) is 3.81. The minimum atomic E-state index is -0.999. The van der Waals surface area contributed by atoms with Gasteiger partial charge >= 0.3 is 0 Å². The summed E-state index contributed by atoms with van der Waals surface area (Å²) < 4.78 is 0. The number of fused-ring (bicyclic) bond motifs is 1. The van der Waals surface area contributed by atoms with Crippen LogP contribution in [0.15, 0.2) is 67.9 Å². The van der Waals surface area contributed by atoms with Gasteiger partial charge in [-0.1, -0.05) is 20.4 Å². The minimum Gasteiger partial charge on any atom is -0.385 e. The third-order valence-electron chi connectivity index (χ3n) is 5.82. The van der Waals surface area contributed by atoms with Gasteiger partial charge in [-0.25, -0.2) is 15.0 Å². The maximum absolute atomic E-state index is 12.0. The number of hydrogen-bond donors (Lipinski definition) is 3. The van der Waals surface area contributed by atoms with E-state index in [1.807, 2.05) is 50.4 Å². The number of nitrogens with one attached hydrogen (secondary N) is 2. The maximum atomic E-state index is 12.0. The van der Waals surface area contributed by atoms with Gasteiger partial charge in [0.15, 0.2) is 0 Å². The zero-order valence-electron chi connectivity index (χ0n) is 18.1. The number of pyridine rings is 1. The van der Waals surface area contributed by atoms with Crippen LogP contribution < -0.4 is 5.32 Å². The van der Waals surface area contributed by atoms with E-state index in [9.17, 15) is 9.90 Å². The molecule has 0 unspecified atom stereocenters. The molecule has 0 aliphatic heterocycles. The molecule has 0 spiro atoms. The predicted molar refractivity (Wildman–Crippen MR) is 126 cm³/mol. The first-order chi connectivity index (χ1) is 15.5. The van der Waals surface area contributed by atoms with Crippen LogP contribution in [0.1, 0.15) is 32.3 Å². The van der Waals surface area contributed by atoms with E-state index in [2.05, 4.69) is 31.8 Å². The molecule has 7 nitrogen and oxygen atoms in total. The molecule has 0 saturated heterocycles. The zero-order valence-corrected chi connectivity index (χ0v) is 18.1. The molecular formula is C25H25N5O2. The molecule has 3 heterocycles. The second kappa shape index (κ2) is 8.72. The quantitative estimate of drug-likeness (QED) is 0.367. The van der Waals surface area contributed by atoms with Gasteiger partial charge in [-0.3, -0.25) is 4.79 Å². The fourth-order valence-electron chi connectivity index (χ4n) is 3.81. The SMILES string of the molecule is C=CC(=O)Nc1cc(-c2cnc3[nH]cc(-c4ccncn4)c3c2)cc(C(O)(CC)CC)c1. The van der Waals surface area contributed by atoms with Crippen LogP contribution >= 0.6 is 0 Å². The summed E-state index contributed by atoms with van der Waals surface area (Å²) in [6, 6.07) is 9.52. The van der Waals surface area contributed by atoms with Crippen molar-refractivity contribution in [3.63, 3.8) is 0 Å². The van der Waals surface area contributed by atoms with E-state index in [0.29, 0.717) is 18.5 Å². The number of nitrogens with zero attached hydrogens (tertiary/aromatic N) is 3. The first kappa shape index (κ1) is 21.4. The van der Waals surface area contributed by atoms with Crippen LogP contribution in [-0.2, 0) is 10.4 Å². The summed E-state index contributed by atoms with van der Waals surface area (Å²) in [7, 11) is 0. The van der Waals surface area contributed by atoms with Gasteiger partial charge in [-0.15, -0.1) is 0 Å². The second-order valence-corrected chi connectivity index (χ2v) is 7.65. The normalized spacial score (nSPS) is 11.5. The average Bonchev–Trinajstić information content (AvgIpc) is 3.27. The van der Waals surface area contributed by atoms with Crippen molar-refractivity contribution in [2.75, 3.05) is 5.32 Å². The van der Waals surface area contributed by atoms with E-state index >= 15 is 0 Å². The number of aromatic amines is 1. The molecule has 1 amide bonds. The van der Waals surface area contributed by atoms with E-state index in [-0.39, 0.29) is 5.91 Å². The smallest absolute Gasteiger partial charge is 0.247 e. The number of amides is 1. The van der Waals surface area contributed by atoms with Crippen molar-refractivity contribution in [2.45, 2.75) is 32.3 Å². The Balaban J connectivity index is 1.87. The molecule has 0 fully saturated rings. The lowest BCUT2D eigenvalue weighted by Crippen LogP contribution is -2.24. The number of carbonyl (C=O) groups excluding carboxylic acids is 1. The van der Waals surface area contributed by atoms with Crippen molar-refractivity contribution in [2.24, 2.45) is 0 Å². The highest BCUT2D eigenvalue weighted by molar-refractivity contribution is 6.00. The Labute approximate surface area is 186 Å². The van der Waals surface area contributed by atoms with Crippen LogP contribution in [0.2, 0.25) is 0 Å². The van der Waals surface area contributed by atoms with Crippen LogP contribution in [0.4, 0.5) is 5.69 Å². The van der Waals surface area contributed by atoms with Crippen LogP contribution in [0.3, 0.4) is 0 Å². The zero-order chi connectivity index (χ0) is 22.7. The number of rotatable bonds is 7. The van der Waals surface area contributed by atoms with Crippen LogP contribution in [0.25, 0.3) is 33.4 Å². The number of aliphatic hydroxyl groups is 1. The van der Waals surface area contributed by atoms with Gasteiger partial charge in [0.2, 0.25) is 5.91 Å². The average molecular weight is 428 g/mol. The largest absolute Gasteiger partial charge is 0.385 e. The fraction of sp³-hybridized carbons (Fsp3) is 0.200. The molecule has 0 aliphatic carbocycles. The molecule has 0 saturated carbocycles. The van der Waals surface area contributed by atoms with Gasteiger partial charge in [0, 0.05) is 40.8 Å². The van der Waals surface area contributed by atoms with E-state index in [0.717, 1.165) is 39.0 Å². The molecule has 4 aromatic rings. The molecule has 1 aromatic carbocycles. The van der Waals surface area contributed by atoms with E-state index in [4.69, 9.17) is 0 Å².